The van der Waals surface area contributed by atoms with E-state index in [4.69, 9.17) is 10.7 Å². The molecule has 1 saturated carbocycles. The van der Waals surface area contributed by atoms with Crippen LogP contribution in [0.25, 0.3) is 0 Å². The number of aliphatic imine (C=N–C) groups is 1. The highest BCUT2D eigenvalue weighted by Gasteiger charge is 2.54. The van der Waals surface area contributed by atoms with Crippen molar-refractivity contribution in [2.75, 3.05) is 37.6 Å². The zero-order valence-electron chi connectivity index (χ0n) is 15.8. The van der Waals surface area contributed by atoms with Gasteiger partial charge in [0.1, 0.15) is 5.82 Å². The molecule has 2 aliphatic carbocycles. The van der Waals surface area contributed by atoms with E-state index in [9.17, 15) is 4.39 Å². The first-order valence-electron chi connectivity index (χ1n) is 9.84. The largest absolute Gasteiger partial charge is 0.370 e. The number of rotatable bonds is 3. The predicted octanol–water partition coefficient (Wildman–Crippen LogP) is 3.47. The number of piperazine rings is 1. The second-order valence-corrected chi connectivity index (χ2v) is 7.91. The molecule has 3 unspecified atom stereocenters. The highest BCUT2D eigenvalue weighted by molar-refractivity contribution is 14.0. The molecule has 2 fully saturated rings. The minimum atomic E-state index is -0.193. The molecular formula is C22H26FIN4. The lowest BCUT2D eigenvalue weighted by Gasteiger charge is -2.36. The van der Waals surface area contributed by atoms with E-state index in [2.05, 4.69) is 34.1 Å². The number of hydrogen-bond donors (Lipinski definition) is 1. The van der Waals surface area contributed by atoms with Crippen molar-refractivity contribution in [1.82, 2.24) is 4.90 Å². The molecular weight excluding hydrogens is 466 g/mol. The van der Waals surface area contributed by atoms with Gasteiger partial charge < -0.3 is 15.5 Å². The van der Waals surface area contributed by atoms with Crippen LogP contribution in [0.3, 0.4) is 0 Å². The van der Waals surface area contributed by atoms with Crippen molar-refractivity contribution in [2.45, 2.75) is 12.3 Å². The number of halogens is 2. The number of benzene rings is 2. The summed E-state index contributed by atoms with van der Waals surface area (Å²) < 4.78 is 13.1. The molecule has 4 nitrogen and oxygen atoms in total. The van der Waals surface area contributed by atoms with Crippen LogP contribution in [-0.2, 0) is 6.42 Å². The van der Waals surface area contributed by atoms with Crippen molar-refractivity contribution in [1.29, 1.82) is 0 Å². The van der Waals surface area contributed by atoms with E-state index in [1.807, 2.05) is 12.1 Å². The second kappa shape index (κ2) is 7.89. The fourth-order valence-corrected chi connectivity index (χ4v) is 4.88. The molecule has 3 aliphatic rings. The van der Waals surface area contributed by atoms with Crippen LogP contribution in [0, 0.1) is 17.7 Å². The standard InChI is InChI=1S/C22H25FN4.HI/c23-16-5-7-17(8-6-16)26-9-11-27(12-10-26)22(24)25-14-20-19-13-15-3-1-2-4-18(15)21(19)20;/h1-8,19-21H,9-14H2,(H2,24,25);1H. The highest BCUT2D eigenvalue weighted by atomic mass is 127. The van der Waals surface area contributed by atoms with Crippen molar-refractivity contribution in [2.24, 2.45) is 22.6 Å². The van der Waals surface area contributed by atoms with Crippen molar-refractivity contribution < 1.29 is 4.39 Å². The maximum absolute atomic E-state index is 13.1. The Kier molecular flexibility index (Phi) is 5.49. The van der Waals surface area contributed by atoms with Gasteiger partial charge in [0.15, 0.2) is 5.96 Å². The van der Waals surface area contributed by atoms with Gasteiger partial charge >= 0.3 is 0 Å². The average molecular weight is 492 g/mol. The summed E-state index contributed by atoms with van der Waals surface area (Å²) in [5.41, 5.74) is 10.4. The first-order chi connectivity index (χ1) is 13.2. The first kappa shape index (κ1) is 19.5. The summed E-state index contributed by atoms with van der Waals surface area (Å²) >= 11 is 0. The Morgan fingerprint density at radius 1 is 1.04 bits per heavy atom. The van der Waals surface area contributed by atoms with E-state index in [0.29, 0.717) is 17.8 Å². The molecule has 0 aromatic heterocycles. The van der Waals surface area contributed by atoms with E-state index < -0.39 is 0 Å². The zero-order chi connectivity index (χ0) is 18.4. The van der Waals surface area contributed by atoms with Crippen molar-refractivity contribution >= 4 is 35.6 Å². The lowest BCUT2D eigenvalue weighted by molar-refractivity contribution is 0.380. The van der Waals surface area contributed by atoms with E-state index in [0.717, 1.165) is 44.3 Å². The number of fused-ring (bicyclic) bond motifs is 3. The third-order valence-electron chi connectivity index (χ3n) is 6.46. The molecule has 1 saturated heterocycles. The van der Waals surface area contributed by atoms with Crippen LogP contribution in [0.5, 0.6) is 0 Å². The van der Waals surface area contributed by atoms with Crippen LogP contribution in [-0.4, -0.2) is 43.6 Å². The van der Waals surface area contributed by atoms with Gasteiger partial charge in [0.05, 0.1) is 0 Å². The summed E-state index contributed by atoms with van der Waals surface area (Å²) in [6.07, 6.45) is 1.21. The summed E-state index contributed by atoms with van der Waals surface area (Å²) in [7, 11) is 0. The van der Waals surface area contributed by atoms with Crippen molar-refractivity contribution in [3.05, 3.63) is 65.5 Å². The molecule has 0 amide bonds. The van der Waals surface area contributed by atoms with Crippen LogP contribution in [0.1, 0.15) is 17.0 Å². The summed E-state index contributed by atoms with van der Waals surface area (Å²) in [5.74, 6) is 2.62. The van der Waals surface area contributed by atoms with Gasteiger partial charge in [-0.25, -0.2) is 4.39 Å². The molecule has 0 bridgehead atoms. The number of hydrogen-bond acceptors (Lipinski definition) is 2. The molecule has 148 valence electrons. The summed E-state index contributed by atoms with van der Waals surface area (Å²) in [5, 5.41) is 0. The third-order valence-corrected chi connectivity index (χ3v) is 6.46. The first-order valence-corrected chi connectivity index (χ1v) is 9.84. The van der Waals surface area contributed by atoms with Gasteiger partial charge in [0.2, 0.25) is 0 Å². The van der Waals surface area contributed by atoms with E-state index in [1.165, 1.54) is 29.7 Å². The van der Waals surface area contributed by atoms with Gasteiger partial charge in [0, 0.05) is 38.4 Å². The fraction of sp³-hybridized carbons (Fsp3) is 0.409. The monoisotopic (exact) mass is 492 g/mol. The Morgan fingerprint density at radius 3 is 2.50 bits per heavy atom. The molecule has 28 heavy (non-hydrogen) atoms. The molecule has 2 aromatic rings. The normalized spacial score (nSPS) is 25.8. The van der Waals surface area contributed by atoms with Gasteiger partial charge in [-0.3, -0.25) is 4.99 Å². The fourth-order valence-electron chi connectivity index (χ4n) is 4.88. The molecule has 5 rings (SSSR count). The predicted molar refractivity (Wildman–Crippen MR) is 122 cm³/mol. The number of anilines is 1. The minimum Gasteiger partial charge on any atom is -0.370 e. The highest BCUT2D eigenvalue weighted by Crippen LogP contribution is 2.61. The lowest BCUT2D eigenvalue weighted by atomic mass is 10.0. The Labute approximate surface area is 182 Å². The number of nitrogens with two attached hydrogens (primary N) is 1. The maximum Gasteiger partial charge on any atom is 0.191 e. The van der Waals surface area contributed by atoms with Gasteiger partial charge in [-0.05, 0) is 59.6 Å². The molecule has 2 N–H and O–H groups in total. The molecule has 2 aromatic carbocycles. The SMILES string of the molecule is I.NC(=NCC1C2Cc3ccccc3C12)N1CCN(c2ccc(F)cc2)CC1. The zero-order valence-corrected chi connectivity index (χ0v) is 18.1. The van der Waals surface area contributed by atoms with Crippen molar-refractivity contribution in [3.63, 3.8) is 0 Å². The Bertz CT molecular complexity index is 861. The smallest absolute Gasteiger partial charge is 0.191 e. The maximum atomic E-state index is 13.1. The van der Waals surface area contributed by atoms with Gasteiger partial charge in [-0.1, -0.05) is 24.3 Å². The van der Waals surface area contributed by atoms with E-state index >= 15 is 0 Å². The Hall–Kier alpha value is -1.83. The molecule has 1 heterocycles. The molecule has 3 atom stereocenters. The summed E-state index contributed by atoms with van der Waals surface area (Å²) in [4.78, 5) is 9.17. The van der Waals surface area contributed by atoms with Gasteiger partial charge in [0.25, 0.3) is 0 Å². The number of nitrogens with zero attached hydrogens (tertiary/aromatic N) is 3. The number of guanidine groups is 1. The molecule has 0 spiro atoms. The van der Waals surface area contributed by atoms with Crippen LogP contribution < -0.4 is 10.6 Å². The lowest BCUT2D eigenvalue weighted by Crippen LogP contribution is -2.51. The minimum absolute atomic E-state index is 0. The second-order valence-electron chi connectivity index (χ2n) is 7.91. The van der Waals surface area contributed by atoms with Crippen molar-refractivity contribution in [3.8, 4) is 0 Å². The van der Waals surface area contributed by atoms with E-state index in [1.54, 1.807) is 0 Å². The molecule has 6 heteroatoms. The quantitative estimate of drug-likeness (QED) is 0.406. The van der Waals surface area contributed by atoms with Crippen LogP contribution in [0.2, 0.25) is 0 Å². The molecule has 1 aliphatic heterocycles. The molecule has 0 radical (unpaired) electrons. The Morgan fingerprint density at radius 2 is 1.75 bits per heavy atom. The van der Waals surface area contributed by atoms with E-state index in [-0.39, 0.29) is 29.8 Å². The third kappa shape index (κ3) is 3.58. The van der Waals surface area contributed by atoms with Crippen LogP contribution in [0.4, 0.5) is 10.1 Å². The average Bonchev–Trinajstić information content (AvgIpc) is 3.24. The summed E-state index contributed by atoms with van der Waals surface area (Å²) in [6.45, 7) is 4.31. The van der Waals surface area contributed by atoms with Gasteiger partial charge in [-0.2, -0.15) is 0 Å². The Balaban J connectivity index is 0.00000192. The topological polar surface area (TPSA) is 44.9 Å². The summed E-state index contributed by atoms with van der Waals surface area (Å²) in [6, 6.07) is 15.5. The van der Waals surface area contributed by atoms with Gasteiger partial charge in [-0.15, -0.1) is 24.0 Å². The van der Waals surface area contributed by atoms with Crippen LogP contribution in [0.15, 0.2) is 53.5 Å². The van der Waals surface area contributed by atoms with Crippen LogP contribution >= 0.6 is 24.0 Å².